The molecule has 0 saturated heterocycles. The van der Waals surface area contributed by atoms with Gasteiger partial charge in [0.1, 0.15) is 0 Å². The number of aryl methyl sites for hydroxylation is 4. The summed E-state index contributed by atoms with van der Waals surface area (Å²) in [5.41, 5.74) is 4.12. The molecule has 7 heteroatoms. The third-order valence-corrected chi connectivity index (χ3v) is 4.64. The predicted octanol–water partition coefficient (Wildman–Crippen LogP) is 1.65. The summed E-state index contributed by atoms with van der Waals surface area (Å²) >= 11 is 0. The van der Waals surface area contributed by atoms with Crippen LogP contribution in [0.1, 0.15) is 22.4 Å². The molecule has 0 spiro atoms. The number of benzene rings is 1. The fourth-order valence-corrected chi connectivity index (χ4v) is 3.24. The van der Waals surface area contributed by atoms with Crippen molar-refractivity contribution in [3.63, 3.8) is 0 Å². The van der Waals surface area contributed by atoms with Crippen molar-refractivity contribution in [3.05, 3.63) is 67.6 Å². The zero-order valence-corrected chi connectivity index (χ0v) is 14.6. The summed E-state index contributed by atoms with van der Waals surface area (Å²) in [5.74, 6) is 0.559. The van der Waals surface area contributed by atoms with Gasteiger partial charge < -0.3 is 4.98 Å². The van der Waals surface area contributed by atoms with E-state index in [4.69, 9.17) is 0 Å². The molecule has 0 bridgehead atoms. The summed E-state index contributed by atoms with van der Waals surface area (Å²) in [6, 6.07) is 6.04. The van der Waals surface area contributed by atoms with Crippen molar-refractivity contribution in [3.8, 4) is 0 Å². The van der Waals surface area contributed by atoms with Gasteiger partial charge >= 0.3 is 5.69 Å². The van der Waals surface area contributed by atoms with Crippen LogP contribution in [0.2, 0.25) is 0 Å². The quantitative estimate of drug-likeness (QED) is 0.604. The molecule has 0 aliphatic rings. The first-order valence-corrected chi connectivity index (χ1v) is 8.10. The van der Waals surface area contributed by atoms with Crippen molar-refractivity contribution in [2.75, 3.05) is 0 Å². The highest BCUT2D eigenvalue weighted by Gasteiger charge is 2.18. The molecule has 0 saturated carbocycles. The number of aromatic amines is 1. The minimum absolute atomic E-state index is 0.242. The minimum atomic E-state index is -0.365. The van der Waals surface area contributed by atoms with Gasteiger partial charge in [-0.3, -0.25) is 18.3 Å². The monoisotopic (exact) mass is 337 g/mol. The lowest BCUT2D eigenvalue weighted by atomic mass is 10.1. The van der Waals surface area contributed by atoms with Crippen molar-refractivity contribution < 1.29 is 0 Å². The molecule has 0 fully saturated rings. The van der Waals surface area contributed by atoms with E-state index in [0.717, 1.165) is 22.4 Å². The molecule has 0 radical (unpaired) electrons. The number of rotatable bonds is 2. The minimum Gasteiger partial charge on any atom is -0.328 e. The number of fused-ring (bicyclic) bond motifs is 3. The number of aromatic nitrogens is 5. The van der Waals surface area contributed by atoms with E-state index in [1.807, 2.05) is 45.2 Å². The molecule has 0 aliphatic heterocycles. The standard InChI is InChI=1S/C18H19N5O2/c1-10-5-6-11(2)13(7-10)9-23-16(24)14-15(21(4)18(23)25)20-17-19-12(3)8-22(14)17/h5-8H,9H2,1-4H3,(H,19,20). The molecule has 25 heavy (non-hydrogen) atoms. The molecule has 0 unspecified atom stereocenters. The topological polar surface area (TPSA) is 77.1 Å². The first kappa shape index (κ1) is 15.4. The van der Waals surface area contributed by atoms with E-state index in [1.54, 1.807) is 11.4 Å². The normalized spacial score (nSPS) is 11.7. The van der Waals surface area contributed by atoms with Crippen LogP contribution in [0, 0.1) is 20.8 Å². The highest BCUT2D eigenvalue weighted by atomic mass is 16.2. The Morgan fingerprint density at radius 2 is 1.92 bits per heavy atom. The van der Waals surface area contributed by atoms with Gasteiger partial charge in [0.25, 0.3) is 5.56 Å². The molecule has 0 amide bonds. The first-order valence-electron chi connectivity index (χ1n) is 8.10. The van der Waals surface area contributed by atoms with Gasteiger partial charge in [0, 0.05) is 18.9 Å². The molecule has 0 aliphatic carbocycles. The summed E-state index contributed by atoms with van der Waals surface area (Å²) in [5, 5.41) is 0. The third-order valence-electron chi connectivity index (χ3n) is 4.64. The Balaban J connectivity index is 2.03. The van der Waals surface area contributed by atoms with Crippen molar-refractivity contribution in [2.24, 2.45) is 7.05 Å². The summed E-state index contributed by atoms with van der Waals surface area (Å²) in [6.45, 7) is 6.12. The van der Waals surface area contributed by atoms with E-state index in [9.17, 15) is 9.59 Å². The molecule has 4 rings (SSSR count). The Morgan fingerprint density at radius 3 is 2.68 bits per heavy atom. The van der Waals surface area contributed by atoms with Crippen LogP contribution in [0.25, 0.3) is 16.9 Å². The van der Waals surface area contributed by atoms with Gasteiger partial charge in [-0.25, -0.2) is 4.79 Å². The lowest BCUT2D eigenvalue weighted by molar-refractivity contribution is 0.654. The molecule has 1 aromatic carbocycles. The van der Waals surface area contributed by atoms with Gasteiger partial charge in [-0.15, -0.1) is 0 Å². The maximum Gasteiger partial charge on any atom is 0.332 e. The van der Waals surface area contributed by atoms with Gasteiger partial charge in [0.05, 0.1) is 6.54 Å². The molecular weight excluding hydrogens is 318 g/mol. The lowest BCUT2D eigenvalue weighted by Crippen LogP contribution is -2.39. The molecule has 4 aromatic rings. The second kappa shape index (κ2) is 5.20. The fourth-order valence-electron chi connectivity index (χ4n) is 3.24. The fraction of sp³-hybridized carbons (Fsp3) is 0.278. The Hall–Kier alpha value is -3.09. The Bertz CT molecular complexity index is 1250. The SMILES string of the molecule is Cc1ccc(C)c(Cn2c(=O)c3c(nc4[nH]c(C)cn43)n(C)c2=O)c1. The summed E-state index contributed by atoms with van der Waals surface area (Å²) in [6.07, 6.45) is 1.82. The van der Waals surface area contributed by atoms with Gasteiger partial charge in [0.15, 0.2) is 11.2 Å². The smallest absolute Gasteiger partial charge is 0.328 e. The maximum absolute atomic E-state index is 13.1. The van der Waals surface area contributed by atoms with Crippen LogP contribution in [0.15, 0.2) is 34.0 Å². The maximum atomic E-state index is 13.1. The van der Waals surface area contributed by atoms with Crippen LogP contribution in [0.3, 0.4) is 0 Å². The average molecular weight is 337 g/mol. The van der Waals surface area contributed by atoms with Gasteiger partial charge in [-0.2, -0.15) is 4.98 Å². The van der Waals surface area contributed by atoms with Crippen LogP contribution in [0.5, 0.6) is 0 Å². The second-order valence-electron chi connectivity index (χ2n) is 6.58. The van der Waals surface area contributed by atoms with Crippen LogP contribution in [-0.4, -0.2) is 23.5 Å². The van der Waals surface area contributed by atoms with E-state index in [-0.39, 0.29) is 17.8 Å². The van der Waals surface area contributed by atoms with E-state index in [1.165, 1.54) is 9.13 Å². The van der Waals surface area contributed by atoms with Crippen LogP contribution >= 0.6 is 0 Å². The molecule has 0 atom stereocenters. The number of hydrogen-bond acceptors (Lipinski definition) is 3. The van der Waals surface area contributed by atoms with Gasteiger partial charge in [-0.05, 0) is 31.9 Å². The molecule has 3 heterocycles. The van der Waals surface area contributed by atoms with E-state index in [2.05, 4.69) is 9.97 Å². The van der Waals surface area contributed by atoms with Gasteiger partial charge in [0.2, 0.25) is 5.78 Å². The van der Waals surface area contributed by atoms with Crippen molar-refractivity contribution in [1.82, 2.24) is 23.5 Å². The zero-order chi connectivity index (χ0) is 17.9. The third kappa shape index (κ3) is 2.23. The van der Waals surface area contributed by atoms with Gasteiger partial charge in [-0.1, -0.05) is 23.8 Å². The molecule has 1 N–H and O–H groups in total. The molecule has 3 aromatic heterocycles. The number of H-pyrrole nitrogens is 1. The van der Waals surface area contributed by atoms with Crippen LogP contribution in [-0.2, 0) is 13.6 Å². The van der Waals surface area contributed by atoms with E-state index in [0.29, 0.717) is 16.9 Å². The highest BCUT2D eigenvalue weighted by molar-refractivity contribution is 5.75. The zero-order valence-electron chi connectivity index (χ0n) is 14.6. The average Bonchev–Trinajstić information content (AvgIpc) is 3.08. The van der Waals surface area contributed by atoms with Crippen LogP contribution < -0.4 is 11.2 Å². The molecule has 7 nitrogen and oxygen atoms in total. The Labute approximate surface area is 143 Å². The molecular formula is C18H19N5O2. The largest absolute Gasteiger partial charge is 0.332 e. The van der Waals surface area contributed by atoms with E-state index >= 15 is 0 Å². The Morgan fingerprint density at radius 1 is 1.16 bits per heavy atom. The Kier molecular flexibility index (Phi) is 3.21. The lowest BCUT2D eigenvalue weighted by Gasteiger charge is -2.11. The predicted molar refractivity (Wildman–Crippen MR) is 96.3 cm³/mol. The number of hydrogen-bond donors (Lipinski definition) is 1. The highest BCUT2D eigenvalue weighted by Crippen LogP contribution is 2.14. The number of nitrogens with one attached hydrogen (secondary N) is 1. The summed E-state index contributed by atoms with van der Waals surface area (Å²) in [4.78, 5) is 33.3. The number of imidazole rings is 2. The van der Waals surface area contributed by atoms with Crippen LogP contribution in [0.4, 0.5) is 0 Å². The number of nitrogens with zero attached hydrogens (tertiary/aromatic N) is 4. The van der Waals surface area contributed by atoms with E-state index < -0.39 is 0 Å². The summed E-state index contributed by atoms with van der Waals surface area (Å²) < 4.78 is 4.42. The van der Waals surface area contributed by atoms with Crippen molar-refractivity contribution in [2.45, 2.75) is 27.3 Å². The second-order valence-corrected chi connectivity index (χ2v) is 6.58. The van der Waals surface area contributed by atoms with Crippen molar-refractivity contribution in [1.29, 1.82) is 0 Å². The summed E-state index contributed by atoms with van der Waals surface area (Å²) in [7, 11) is 1.64. The molecule has 128 valence electrons. The van der Waals surface area contributed by atoms with Crippen molar-refractivity contribution >= 4 is 16.9 Å². The first-order chi connectivity index (χ1) is 11.9.